The van der Waals surface area contributed by atoms with Crippen LogP contribution in [0.25, 0.3) is 10.9 Å². The first-order valence-corrected chi connectivity index (χ1v) is 7.60. The number of amides is 1. The summed E-state index contributed by atoms with van der Waals surface area (Å²) < 4.78 is 0. The highest BCUT2D eigenvalue weighted by molar-refractivity contribution is 5.97. The van der Waals surface area contributed by atoms with Crippen molar-refractivity contribution < 1.29 is 4.79 Å². The number of nitrogens with zero attached hydrogens (tertiary/aromatic N) is 2. The number of para-hydroxylation sites is 1. The van der Waals surface area contributed by atoms with Gasteiger partial charge in [0, 0.05) is 34.6 Å². The number of carbonyl (C=O) groups excluding carboxylic acids is 1. The number of aromatic nitrogens is 3. The van der Waals surface area contributed by atoms with Crippen molar-refractivity contribution in [2.24, 2.45) is 0 Å². The van der Waals surface area contributed by atoms with Gasteiger partial charge in [0.05, 0.1) is 5.69 Å². The SMILES string of the molecule is CC(C)(C)c1ncncc1CNC(=O)c1cc2ccccc2[nH]1. The van der Waals surface area contributed by atoms with Crippen molar-refractivity contribution in [2.75, 3.05) is 0 Å². The van der Waals surface area contributed by atoms with E-state index < -0.39 is 0 Å². The molecule has 0 aliphatic heterocycles. The van der Waals surface area contributed by atoms with E-state index >= 15 is 0 Å². The largest absolute Gasteiger partial charge is 0.351 e. The molecular formula is C18H20N4O. The monoisotopic (exact) mass is 308 g/mol. The van der Waals surface area contributed by atoms with Gasteiger partial charge >= 0.3 is 0 Å². The second kappa shape index (κ2) is 5.83. The third kappa shape index (κ3) is 3.23. The molecule has 0 fully saturated rings. The molecule has 2 aromatic heterocycles. The summed E-state index contributed by atoms with van der Waals surface area (Å²) in [6.07, 6.45) is 3.31. The van der Waals surface area contributed by atoms with E-state index in [0.29, 0.717) is 12.2 Å². The Bertz CT molecular complexity index is 812. The topological polar surface area (TPSA) is 70.7 Å². The third-order valence-corrected chi connectivity index (χ3v) is 3.71. The van der Waals surface area contributed by atoms with Gasteiger partial charge in [-0.15, -0.1) is 0 Å². The Balaban J connectivity index is 1.77. The highest BCUT2D eigenvalue weighted by Crippen LogP contribution is 2.23. The lowest BCUT2D eigenvalue weighted by molar-refractivity contribution is 0.0946. The minimum absolute atomic E-state index is 0.0931. The summed E-state index contributed by atoms with van der Waals surface area (Å²) in [5.41, 5.74) is 3.30. The predicted octanol–water partition coefficient (Wildman–Crippen LogP) is 3.19. The molecule has 118 valence electrons. The third-order valence-electron chi connectivity index (χ3n) is 3.71. The van der Waals surface area contributed by atoms with Crippen LogP contribution < -0.4 is 5.32 Å². The molecule has 3 aromatic rings. The van der Waals surface area contributed by atoms with E-state index in [9.17, 15) is 4.79 Å². The standard InChI is InChI=1S/C18H20N4O/c1-18(2,3)16-13(9-19-11-21-16)10-20-17(23)15-8-12-6-4-5-7-14(12)22-15/h4-9,11,22H,10H2,1-3H3,(H,20,23). The zero-order chi connectivity index (χ0) is 16.4. The fourth-order valence-corrected chi connectivity index (χ4v) is 2.63. The van der Waals surface area contributed by atoms with Gasteiger partial charge in [0.1, 0.15) is 12.0 Å². The molecular weight excluding hydrogens is 288 g/mol. The number of H-pyrrole nitrogens is 1. The summed E-state index contributed by atoms with van der Waals surface area (Å²) in [5, 5.41) is 3.96. The molecule has 1 aromatic carbocycles. The highest BCUT2D eigenvalue weighted by Gasteiger charge is 2.20. The smallest absolute Gasteiger partial charge is 0.267 e. The first kappa shape index (κ1) is 15.2. The van der Waals surface area contributed by atoms with Crippen molar-refractivity contribution in [1.82, 2.24) is 20.3 Å². The number of aromatic amines is 1. The van der Waals surface area contributed by atoms with Gasteiger partial charge in [-0.2, -0.15) is 0 Å². The molecule has 23 heavy (non-hydrogen) atoms. The number of nitrogens with one attached hydrogen (secondary N) is 2. The fraction of sp³-hybridized carbons (Fsp3) is 0.278. The van der Waals surface area contributed by atoms with Crippen LogP contribution in [0.4, 0.5) is 0 Å². The molecule has 0 radical (unpaired) electrons. The van der Waals surface area contributed by atoms with E-state index in [1.54, 1.807) is 12.5 Å². The van der Waals surface area contributed by atoms with E-state index in [4.69, 9.17) is 0 Å². The number of carbonyl (C=O) groups is 1. The van der Waals surface area contributed by atoms with Crippen molar-refractivity contribution >= 4 is 16.8 Å². The van der Waals surface area contributed by atoms with Crippen LogP contribution >= 0.6 is 0 Å². The molecule has 5 heteroatoms. The molecule has 3 rings (SSSR count). The van der Waals surface area contributed by atoms with Crippen LogP contribution in [-0.2, 0) is 12.0 Å². The molecule has 0 saturated heterocycles. The summed E-state index contributed by atoms with van der Waals surface area (Å²) in [7, 11) is 0. The van der Waals surface area contributed by atoms with Crippen LogP contribution in [-0.4, -0.2) is 20.9 Å². The first-order chi connectivity index (χ1) is 10.9. The minimum atomic E-state index is -0.134. The van der Waals surface area contributed by atoms with Crippen LogP contribution in [0.5, 0.6) is 0 Å². The van der Waals surface area contributed by atoms with Crippen LogP contribution in [0.3, 0.4) is 0 Å². The second-order valence-corrected chi connectivity index (χ2v) is 6.60. The van der Waals surface area contributed by atoms with Gasteiger partial charge in [-0.05, 0) is 12.1 Å². The molecule has 0 unspecified atom stereocenters. The van der Waals surface area contributed by atoms with E-state index in [1.165, 1.54) is 0 Å². The highest BCUT2D eigenvalue weighted by atomic mass is 16.1. The van der Waals surface area contributed by atoms with Gasteiger partial charge in [0.25, 0.3) is 5.91 Å². The summed E-state index contributed by atoms with van der Waals surface area (Å²) in [5.74, 6) is -0.134. The lowest BCUT2D eigenvalue weighted by Gasteiger charge is -2.20. The molecule has 2 heterocycles. The van der Waals surface area contributed by atoms with Crippen molar-refractivity contribution in [3.63, 3.8) is 0 Å². The molecule has 1 amide bonds. The van der Waals surface area contributed by atoms with Crippen molar-refractivity contribution in [1.29, 1.82) is 0 Å². The van der Waals surface area contributed by atoms with Gasteiger partial charge in [0.15, 0.2) is 0 Å². The van der Waals surface area contributed by atoms with E-state index in [-0.39, 0.29) is 11.3 Å². The normalized spacial score (nSPS) is 11.6. The average Bonchev–Trinajstić information content (AvgIpc) is 2.96. The molecule has 0 aliphatic rings. The first-order valence-electron chi connectivity index (χ1n) is 7.60. The summed E-state index contributed by atoms with van der Waals surface area (Å²) in [6.45, 7) is 6.69. The number of hydrogen-bond acceptors (Lipinski definition) is 3. The Morgan fingerprint density at radius 1 is 1.26 bits per heavy atom. The Kier molecular flexibility index (Phi) is 3.86. The van der Waals surface area contributed by atoms with E-state index in [1.807, 2.05) is 30.3 Å². The summed E-state index contributed by atoms with van der Waals surface area (Å²) in [4.78, 5) is 23.9. The van der Waals surface area contributed by atoms with Crippen LogP contribution in [0.2, 0.25) is 0 Å². The maximum absolute atomic E-state index is 12.4. The number of benzene rings is 1. The minimum Gasteiger partial charge on any atom is -0.351 e. The predicted molar refractivity (Wildman–Crippen MR) is 90.2 cm³/mol. The Hall–Kier alpha value is -2.69. The number of rotatable bonds is 3. The molecule has 0 atom stereocenters. The van der Waals surface area contributed by atoms with Crippen LogP contribution in [0.1, 0.15) is 42.5 Å². The van der Waals surface area contributed by atoms with E-state index in [0.717, 1.165) is 22.2 Å². The zero-order valence-electron chi connectivity index (χ0n) is 13.6. The molecule has 0 saturated carbocycles. The Morgan fingerprint density at radius 2 is 2.04 bits per heavy atom. The Labute approximate surface area is 135 Å². The zero-order valence-corrected chi connectivity index (χ0v) is 13.6. The lowest BCUT2D eigenvalue weighted by Crippen LogP contribution is -2.26. The van der Waals surface area contributed by atoms with Crippen LogP contribution in [0, 0.1) is 0 Å². The number of fused-ring (bicyclic) bond motifs is 1. The maximum Gasteiger partial charge on any atom is 0.267 e. The van der Waals surface area contributed by atoms with Crippen molar-refractivity contribution in [2.45, 2.75) is 32.7 Å². The lowest BCUT2D eigenvalue weighted by atomic mass is 9.89. The fourth-order valence-electron chi connectivity index (χ4n) is 2.63. The average molecular weight is 308 g/mol. The quantitative estimate of drug-likeness (QED) is 0.780. The summed E-state index contributed by atoms with van der Waals surface area (Å²) >= 11 is 0. The van der Waals surface area contributed by atoms with Crippen LogP contribution in [0.15, 0.2) is 42.9 Å². The van der Waals surface area contributed by atoms with Gasteiger partial charge in [-0.25, -0.2) is 9.97 Å². The summed E-state index contributed by atoms with van der Waals surface area (Å²) in [6, 6.07) is 9.68. The van der Waals surface area contributed by atoms with Gasteiger partial charge in [-0.1, -0.05) is 39.0 Å². The molecule has 2 N–H and O–H groups in total. The van der Waals surface area contributed by atoms with Crippen molar-refractivity contribution in [3.05, 3.63) is 59.8 Å². The van der Waals surface area contributed by atoms with Gasteiger partial charge in [-0.3, -0.25) is 4.79 Å². The van der Waals surface area contributed by atoms with Gasteiger partial charge in [0.2, 0.25) is 0 Å². The van der Waals surface area contributed by atoms with Gasteiger partial charge < -0.3 is 10.3 Å². The van der Waals surface area contributed by atoms with E-state index in [2.05, 4.69) is 41.0 Å². The number of hydrogen-bond donors (Lipinski definition) is 2. The molecule has 0 spiro atoms. The molecule has 0 aliphatic carbocycles. The second-order valence-electron chi connectivity index (χ2n) is 6.60. The molecule has 5 nitrogen and oxygen atoms in total. The molecule has 0 bridgehead atoms. The maximum atomic E-state index is 12.4. The van der Waals surface area contributed by atoms with Crippen molar-refractivity contribution in [3.8, 4) is 0 Å². The Morgan fingerprint density at radius 3 is 2.78 bits per heavy atom.